The van der Waals surface area contributed by atoms with Gasteiger partial charge in [-0.2, -0.15) is 13.2 Å². The van der Waals surface area contributed by atoms with Gasteiger partial charge < -0.3 is 28.9 Å². The van der Waals surface area contributed by atoms with Crippen LogP contribution in [0.5, 0.6) is 17.5 Å². The second-order valence-electron chi connectivity index (χ2n) is 18.8. The summed E-state index contributed by atoms with van der Waals surface area (Å²) in [7, 11) is 0. The lowest BCUT2D eigenvalue weighted by Crippen LogP contribution is -2.33. The third-order valence-corrected chi connectivity index (χ3v) is 13.4. The van der Waals surface area contributed by atoms with Gasteiger partial charge in [0.25, 0.3) is 0 Å². The van der Waals surface area contributed by atoms with Crippen LogP contribution in [0.25, 0.3) is 21.8 Å². The molecular formula is C60H51F4N11O4. The lowest BCUT2D eigenvalue weighted by atomic mass is 10.0. The Labute approximate surface area is 452 Å². The molecule has 6 aromatic heterocycles. The monoisotopic (exact) mass is 1070 g/mol. The second kappa shape index (κ2) is 23.0. The van der Waals surface area contributed by atoms with Gasteiger partial charge in [-0.05, 0) is 97.8 Å². The quantitative estimate of drug-likeness (QED) is 0.154. The molecule has 10 heterocycles. The largest absolute Gasteiger partial charge is 0.470 e. The molecule has 4 aromatic carbocycles. The number of hydroxylamine groups is 1. The van der Waals surface area contributed by atoms with Gasteiger partial charge in [-0.3, -0.25) is 14.8 Å². The van der Waals surface area contributed by atoms with Crippen LogP contribution in [-0.4, -0.2) is 55.1 Å². The summed E-state index contributed by atoms with van der Waals surface area (Å²) in [6.45, 7) is 8.00. The van der Waals surface area contributed by atoms with Crippen molar-refractivity contribution in [3.05, 3.63) is 227 Å². The first kappa shape index (κ1) is 51.6. The first-order valence-electron chi connectivity index (χ1n) is 25.3. The summed E-state index contributed by atoms with van der Waals surface area (Å²) in [5.41, 5.74) is 10.3. The molecule has 15 nitrogen and oxygen atoms in total. The van der Waals surface area contributed by atoms with Gasteiger partial charge in [0.05, 0.1) is 36.4 Å². The molecule has 0 fully saturated rings. The number of hydrogen-bond donors (Lipinski definition) is 0. The fourth-order valence-corrected chi connectivity index (χ4v) is 9.26. The van der Waals surface area contributed by atoms with E-state index in [1.165, 1.54) is 11.1 Å². The number of ether oxygens (including phenoxy) is 3. The Morgan fingerprint density at radius 3 is 1.87 bits per heavy atom. The normalized spacial score (nSPS) is 14.2. The van der Waals surface area contributed by atoms with Gasteiger partial charge in [0.1, 0.15) is 17.9 Å². The summed E-state index contributed by atoms with van der Waals surface area (Å²) < 4.78 is 69.5. The molecule has 0 radical (unpaired) electrons. The lowest BCUT2D eigenvalue weighted by molar-refractivity contribution is -0.137. The highest BCUT2D eigenvalue weighted by atomic mass is 19.4. The molecule has 0 spiro atoms. The van der Waals surface area contributed by atoms with Crippen LogP contribution in [0.15, 0.2) is 177 Å². The van der Waals surface area contributed by atoms with E-state index >= 15 is 0 Å². The molecule has 0 N–H and O–H groups in total. The van der Waals surface area contributed by atoms with Gasteiger partial charge in [0.15, 0.2) is 25.9 Å². The van der Waals surface area contributed by atoms with Gasteiger partial charge in [0, 0.05) is 100 Å². The molecular weight excluding hydrogens is 1010 g/mol. The Bertz CT molecular complexity index is 3660. The summed E-state index contributed by atoms with van der Waals surface area (Å²) in [4.78, 5) is 41.5. The van der Waals surface area contributed by atoms with Gasteiger partial charge in [-0.25, -0.2) is 34.4 Å². The standard InChI is InChI=1S/C19H17FN2O.C18H13F3N2O.C12H11N3O.C11H10N4O/c1-12-3-8-16(9-17(12)20)22-10-15-7-6-14-5-4-13(2)21-18(14)19(15)23-11-22;19-18(20,21)14-4-1-5-15(9-14)23-10-13-7-6-12-3-2-8-22-17(12)16(13)11-24-23;1-2-10-8-15(9-16-12(10)14-5-1)11-3-6-13-7-4-11;1-3-9-7-15(8-16-10(9)12-4-1)11-13-5-2-6-14-11/h3-9H,10-11H2,1-2H3;1-9H,10-11H2;1-7H,8-9H2;1-6H,7-8H2. The van der Waals surface area contributed by atoms with Crippen molar-refractivity contribution in [2.75, 3.05) is 40.0 Å². The summed E-state index contributed by atoms with van der Waals surface area (Å²) in [5.74, 6) is 2.78. The van der Waals surface area contributed by atoms with Crippen molar-refractivity contribution in [2.24, 2.45) is 0 Å². The first-order valence-corrected chi connectivity index (χ1v) is 25.3. The van der Waals surface area contributed by atoms with E-state index in [0.717, 1.165) is 104 Å². The van der Waals surface area contributed by atoms with Crippen LogP contribution < -0.4 is 34.0 Å². The number of halogens is 4. The molecule has 0 amide bonds. The zero-order valence-corrected chi connectivity index (χ0v) is 43.0. The molecule has 0 unspecified atom stereocenters. The molecule has 14 rings (SSSR count). The average molecular weight is 1070 g/mol. The highest BCUT2D eigenvalue weighted by molar-refractivity contribution is 5.86. The van der Waals surface area contributed by atoms with Crippen molar-refractivity contribution in [1.29, 1.82) is 0 Å². The number of anilines is 4. The Morgan fingerprint density at radius 2 is 1.13 bits per heavy atom. The predicted molar refractivity (Wildman–Crippen MR) is 292 cm³/mol. The highest BCUT2D eigenvalue weighted by Gasteiger charge is 2.32. The van der Waals surface area contributed by atoms with Crippen molar-refractivity contribution in [2.45, 2.75) is 52.8 Å². The zero-order valence-electron chi connectivity index (χ0n) is 43.0. The van der Waals surface area contributed by atoms with Crippen LogP contribution in [0.4, 0.5) is 40.6 Å². The SMILES string of the molecule is Cc1ccc2ccc3c(c2n1)OCN(c1ccc(C)c(F)c1)C3.FC(F)(F)c1cccc(N2Cc3ccc4cccnc4c3CO2)c1.c1cnc(N2COc3ncccc3C2)nc1.c1cnc2c(c1)CN(c1ccncc1)CO2. The van der Waals surface area contributed by atoms with Gasteiger partial charge in [-0.15, -0.1) is 0 Å². The van der Waals surface area contributed by atoms with E-state index in [1.54, 1.807) is 74.6 Å². The van der Waals surface area contributed by atoms with Crippen LogP contribution in [0.2, 0.25) is 0 Å². The number of hydrogen-bond acceptors (Lipinski definition) is 15. The zero-order chi connectivity index (χ0) is 54.3. The molecule has 0 aliphatic carbocycles. The van der Waals surface area contributed by atoms with E-state index < -0.39 is 11.7 Å². The number of rotatable bonds is 4. The van der Waals surface area contributed by atoms with Crippen molar-refractivity contribution < 1.29 is 36.6 Å². The highest BCUT2D eigenvalue weighted by Crippen LogP contribution is 2.37. The number of nitrogens with zero attached hydrogens (tertiary/aromatic N) is 11. The fourth-order valence-electron chi connectivity index (χ4n) is 9.26. The van der Waals surface area contributed by atoms with Crippen molar-refractivity contribution in [1.82, 2.24) is 34.9 Å². The van der Waals surface area contributed by atoms with E-state index in [1.807, 2.05) is 89.5 Å². The van der Waals surface area contributed by atoms with Gasteiger partial charge in [-0.1, -0.05) is 60.7 Å². The van der Waals surface area contributed by atoms with Gasteiger partial charge >= 0.3 is 6.18 Å². The van der Waals surface area contributed by atoms with E-state index in [2.05, 4.69) is 58.0 Å². The van der Waals surface area contributed by atoms with Crippen LogP contribution in [-0.2, 0) is 43.8 Å². The second-order valence-corrected chi connectivity index (χ2v) is 18.8. The minimum absolute atomic E-state index is 0.191. The molecule has 0 saturated heterocycles. The van der Waals surface area contributed by atoms with Crippen LogP contribution in [0.1, 0.15) is 44.6 Å². The Hall–Kier alpha value is -9.49. The maximum absolute atomic E-state index is 13.8. The van der Waals surface area contributed by atoms with Crippen molar-refractivity contribution in [3.8, 4) is 17.5 Å². The summed E-state index contributed by atoms with van der Waals surface area (Å²) in [6.07, 6.45) is 7.85. The van der Waals surface area contributed by atoms with E-state index in [9.17, 15) is 17.6 Å². The number of benzene rings is 4. The first-order chi connectivity index (χ1) is 38.5. The topological polar surface area (TPSA) is 140 Å². The minimum Gasteiger partial charge on any atom is -0.470 e. The van der Waals surface area contributed by atoms with E-state index in [-0.39, 0.29) is 12.4 Å². The number of alkyl halides is 3. The molecule has 4 aliphatic heterocycles. The smallest absolute Gasteiger partial charge is 0.416 e. The summed E-state index contributed by atoms with van der Waals surface area (Å²) >= 11 is 0. The molecule has 0 saturated carbocycles. The lowest BCUT2D eigenvalue weighted by Gasteiger charge is -2.31. The molecule has 0 atom stereocenters. The fraction of sp³-hybridized carbons (Fsp3) is 0.183. The molecule has 398 valence electrons. The minimum atomic E-state index is -4.37. The molecule has 4 aliphatic rings. The maximum Gasteiger partial charge on any atom is 0.416 e. The van der Waals surface area contributed by atoms with E-state index in [4.69, 9.17) is 19.0 Å². The Kier molecular flexibility index (Phi) is 15.0. The number of aromatic nitrogens is 7. The number of pyridine rings is 5. The predicted octanol–water partition coefficient (Wildman–Crippen LogP) is 12.1. The van der Waals surface area contributed by atoms with Crippen LogP contribution >= 0.6 is 0 Å². The van der Waals surface area contributed by atoms with E-state index in [0.29, 0.717) is 56.4 Å². The number of fused-ring (bicyclic) bond motifs is 8. The maximum atomic E-state index is 13.8. The van der Waals surface area contributed by atoms with Crippen molar-refractivity contribution >= 4 is 44.8 Å². The van der Waals surface area contributed by atoms with Crippen LogP contribution in [0.3, 0.4) is 0 Å². The van der Waals surface area contributed by atoms with Gasteiger partial charge in [0.2, 0.25) is 17.7 Å². The summed E-state index contributed by atoms with van der Waals surface area (Å²) in [6, 6.07) is 40.0. The Balaban J connectivity index is 0.000000113. The third kappa shape index (κ3) is 11.9. The molecule has 10 aromatic rings. The number of aryl methyl sites for hydroxylation is 2. The summed E-state index contributed by atoms with van der Waals surface area (Å²) in [5, 5.41) is 3.59. The Morgan fingerprint density at radius 1 is 0.494 bits per heavy atom. The van der Waals surface area contributed by atoms with Crippen LogP contribution in [0, 0.1) is 19.7 Å². The molecule has 19 heteroatoms. The van der Waals surface area contributed by atoms with Crippen molar-refractivity contribution in [3.63, 3.8) is 0 Å². The third-order valence-electron chi connectivity index (χ3n) is 13.4. The molecule has 0 bridgehead atoms. The molecule has 79 heavy (non-hydrogen) atoms. The average Bonchev–Trinajstić information content (AvgIpc) is 3.52.